The van der Waals surface area contributed by atoms with Gasteiger partial charge >= 0.3 is 0 Å². The normalized spacial score (nSPS) is 11.5. The smallest absolute Gasteiger partial charge is 0.272 e. The highest BCUT2D eigenvalue weighted by Gasteiger charge is 2.15. The molecule has 206 valence electrons. The lowest BCUT2D eigenvalue weighted by Gasteiger charge is -2.12. The van der Waals surface area contributed by atoms with Gasteiger partial charge in [-0.05, 0) is 75.7 Å². The van der Waals surface area contributed by atoms with Crippen molar-refractivity contribution in [1.82, 2.24) is 10.4 Å². The lowest BCUT2D eigenvalue weighted by Crippen LogP contribution is -2.20. The van der Waals surface area contributed by atoms with E-state index in [2.05, 4.69) is 15.8 Å². The summed E-state index contributed by atoms with van der Waals surface area (Å²) >= 11 is 0. The standard InChI is InChI=1S/C33H30N4O4/c1-20(2)41-26-12-8-10-24(18-26)31-19-29(28-13-5-6-14-30(28)35-31)33(39)37-36-21(3)23-9-7-11-25(17-23)34-32(38)27-15-16-40-22(27)4/h5-20H,1-4H3,(H,34,38)(H,37,39). The minimum absolute atomic E-state index is 0.0369. The number of hydrazone groups is 1. The fourth-order valence-electron chi connectivity index (χ4n) is 4.41. The van der Waals surface area contributed by atoms with Gasteiger partial charge in [0.15, 0.2) is 0 Å². The predicted molar refractivity (Wildman–Crippen MR) is 160 cm³/mol. The molecule has 0 unspecified atom stereocenters. The molecule has 5 aromatic rings. The summed E-state index contributed by atoms with van der Waals surface area (Å²) in [4.78, 5) is 30.8. The number of anilines is 1. The minimum atomic E-state index is -0.362. The van der Waals surface area contributed by atoms with Crippen molar-refractivity contribution < 1.29 is 18.7 Å². The quantitative estimate of drug-likeness (QED) is 0.161. The molecular formula is C33H30N4O4. The zero-order chi connectivity index (χ0) is 28.9. The van der Waals surface area contributed by atoms with E-state index in [1.165, 1.54) is 6.26 Å². The number of ether oxygens (including phenoxy) is 1. The van der Waals surface area contributed by atoms with E-state index in [4.69, 9.17) is 14.1 Å². The highest BCUT2D eigenvalue weighted by Crippen LogP contribution is 2.28. The molecule has 0 atom stereocenters. The Morgan fingerprint density at radius 3 is 2.49 bits per heavy atom. The summed E-state index contributed by atoms with van der Waals surface area (Å²) in [5.74, 6) is 0.649. The predicted octanol–water partition coefficient (Wildman–Crippen LogP) is 7.00. The summed E-state index contributed by atoms with van der Waals surface area (Å²) in [7, 11) is 0. The van der Waals surface area contributed by atoms with Gasteiger partial charge in [0.1, 0.15) is 11.5 Å². The van der Waals surface area contributed by atoms with Crippen LogP contribution in [0.25, 0.3) is 22.2 Å². The second-order valence-electron chi connectivity index (χ2n) is 9.83. The number of aryl methyl sites for hydroxylation is 1. The maximum Gasteiger partial charge on any atom is 0.272 e. The van der Waals surface area contributed by atoms with Crippen molar-refractivity contribution in [3.63, 3.8) is 0 Å². The van der Waals surface area contributed by atoms with Gasteiger partial charge in [0.05, 0.1) is 40.4 Å². The number of carbonyl (C=O) groups is 2. The monoisotopic (exact) mass is 546 g/mol. The number of carbonyl (C=O) groups excluding carboxylic acids is 2. The van der Waals surface area contributed by atoms with Gasteiger partial charge in [-0.1, -0.05) is 42.5 Å². The highest BCUT2D eigenvalue weighted by atomic mass is 16.5. The molecule has 0 bridgehead atoms. The molecule has 0 aliphatic heterocycles. The SMILES string of the molecule is CC(=NNC(=O)c1cc(-c2cccc(OC(C)C)c2)nc2ccccc12)c1cccc(NC(=O)c2ccoc2C)c1. The first-order valence-corrected chi connectivity index (χ1v) is 13.3. The van der Waals surface area contributed by atoms with Gasteiger partial charge in [-0.15, -0.1) is 0 Å². The molecular weight excluding hydrogens is 516 g/mol. The molecule has 41 heavy (non-hydrogen) atoms. The number of para-hydroxylation sites is 1. The van der Waals surface area contributed by atoms with Crippen LogP contribution in [0.3, 0.4) is 0 Å². The van der Waals surface area contributed by atoms with E-state index in [0.29, 0.717) is 39.5 Å². The molecule has 2 amide bonds. The van der Waals surface area contributed by atoms with Gasteiger partial charge in [0.2, 0.25) is 0 Å². The minimum Gasteiger partial charge on any atom is -0.491 e. The molecule has 0 saturated carbocycles. The van der Waals surface area contributed by atoms with Crippen LogP contribution >= 0.6 is 0 Å². The number of nitrogens with zero attached hydrogens (tertiary/aromatic N) is 2. The lowest BCUT2D eigenvalue weighted by atomic mass is 10.0. The van der Waals surface area contributed by atoms with Crippen molar-refractivity contribution in [2.24, 2.45) is 5.10 Å². The average Bonchev–Trinajstić information content (AvgIpc) is 3.41. The molecule has 8 nitrogen and oxygen atoms in total. The Bertz CT molecular complexity index is 1770. The van der Waals surface area contributed by atoms with E-state index in [9.17, 15) is 9.59 Å². The van der Waals surface area contributed by atoms with Crippen molar-refractivity contribution in [1.29, 1.82) is 0 Å². The molecule has 3 aromatic carbocycles. The fourth-order valence-corrected chi connectivity index (χ4v) is 4.41. The molecule has 0 aliphatic rings. The van der Waals surface area contributed by atoms with Crippen molar-refractivity contribution in [2.75, 3.05) is 5.32 Å². The number of pyridine rings is 1. The zero-order valence-corrected chi connectivity index (χ0v) is 23.3. The molecule has 5 rings (SSSR count). The molecule has 0 saturated heterocycles. The number of aromatic nitrogens is 1. The first-order chi connectivity index (χ1) is 19.8. The topological polar surface area (TPSA) is 106 Å². The second-order valence-corrected chi connectivity index (χ2v) is 9.83. The number of benzene rings is 3. The Kier molecular flexibility index (Phi) is 7.92. The van der Waals surface area contributed by atoms with E-state index in [1.807, 2.05) is 74.5 Å². The molecule has 0 radical (unpaired) electrons. The van der Waals surface area contributed by atoms with Gasteiger partial charge in [-0.2, -0.15) is 5.10 Å². The second kappa shape index (κ2) is 11.9. The maximum atomic E-state index is 13.4. The van der Waals surface area contributed by atoms with E-state index < -0.39 is 0 Å². The van der Waals surface area contributed by atoms with Crippen LogP contribution in [-0.2, 0) is 0 Å². The highest BCUT2D eigenvalue weighted by molar-refractivity contribution is 6.09. The summed E-state index contributed by atoms with van der Waals surface area (Å²) < 4.78 is 11.1. The number of furan rings is 1. The van der Waals surface area contributed by atoms with Crippen LogP contribution in [0, 0.1) is 6.92 Å². The molecule has 0 aliphatic carbocycles. The Hall–Kier alpha value is -5.24. The molecule has 2 N–H and O–H groups in total. The maximum absolute atomic E-state index is 13.4. The van der Waals surface area contributed by atoms with E-state index in [1.54, 1.807) is 38.1 Å². The Labute approximate surface area is 238 Å². The van der Waals surface area contributed by atoms with Crippen LogP contribution in [0.2, 0.25) is 0 Å². The number of nitrogens with one attached hydrogen (secondary N) is 2. The van der Waals surface area contributed by atoms with Crippen LogP contribution in [0.1, 0.15) is 52.8 Å². The van der Waals surface area contributed by atoms with Crippen LogP contribution < -0.4 is 15.5 Å². The van der Waals surface area contributed by atoms with Crippen molar-refractivity contribution in [2.45, 2.75) is 33.8 Å². The third kappa shape index (κ3) is 6.33. The van der Waals surface area contributed by atoms with Crippen LogP contribution in [0.4, 0.5) is 5.69 Å². The van der Waals surface area contributed by atoms with E-state index in [0.717, 1.165) is 22.3 Å². The van der Waals surface area contributed by atoms with Crippen molar-refractivity contribution in [3.05, 3.63) is 114 Å². The Balaban J connectivity index is 1.39. The number of hydrogen-bond donors (Lipinski definition) is 2. The fraction of sp³-hybridized carbons (Fsp3) is 0.152. The van der Waals surface area contributed by atoms with E-state index in [-0.39, 0.29) is 17.9 Å². The lowest BCUT2D eigenvalue weighted by molar-refractivity contribution is 0.0955. The zero-order valence-electron chi connectivity index (χ0n) is 23.3. The Morgan fingerprint density at radius 2 is 1.71 bits per heavy atom. The Morgan fingerprint density at radius 1 is 0.902 bits per heavy atom. The summed E-state index contributed by atoms with van der Waals surface area (Å²) in [6.45, 7) is 7.47. The third-order valence-electron chi connectivity index (χ3n) is 6.43. The van der Waals surface area contributed by atoms with Crippen LogP contribution in [-0.4, -0.2) is 28.6 Å². The third-order valence-corrected chi connectivity index (χ3v) is 6.43. The van der Waals surface area contributed by atoms with Gasteiger partial charge in [-0.3, -0.25) is 9.59 Å². The van der Waals surface area contributed by atoms with Gasteiger partial charge in [-0.25, -0.2) is 10.4 Å². The van der Waals surface area contributed by atoms with Crippen molar-refractivity contribution >= 4 is 34.1 Å². The molecule has 2 aromatic heterocycles. The van der Waals surface area contributed by atoms with Gasteiger partial charge < -0.3 is 14.5 Å². The number of hydrogen-bond acceptors (Lipinski definition) is 6. The van der Waals surface area contributed by atoms with Gasteiger partial charge in [0, 0.05) is 16.6 Å². The summed E-state index contributed by atoms with van der Waals surface area (Å²) in [6.07, 6.45) is 1.52. The molecule has 0 fully saturated rings. The summed E-state index contributed by atoms with van der Waals surface area (Å²) in [5.41, 5.74) is 7.72. The van der Waals surface area contributed by atoms with Crippen LogP contribution in [0.5, 0.6) is 5.75 Å². The average molecular weight is 547 g/mol. The molecule has 8 heteroatoms. The van der Waals surface area contributed by atoms with E-state index >= 15 is 0 Å². The number of fused-ring (bicyclic) bond motifs is 1. The molecule has 0 spiro atoms. The first kappa shape index (κ1) is 27.3. The summed E-state index contributed by atoms with van der Waals surface area (Å²) in [5, 5.41) is 7.95. The first-order valence-electron chi connectivity index (χ1n) is 13.3. The molecule has 2 heterocycles. The summed E-state index contributed by atoms with van der Waals surface area (Å²) in [6, 6.07) is 25.8. The number of amides is 2. The van der Waals surface area contributed by atoms with Gasteiger partial charge in [0.25, 0.3) is 11.8 Å². The van der Waals surface area contributed by atoms with Crippen LogP contribution in [0.15, 0.2) is 101 Å². The number of rotatable bonds is 8. The van der Waals surface area contributed by atoms with Crippen molar-refractivity contribution in [3.8, 4) is 17.0 Å². The largest absolute Gasteiger partial charge is 0.491 e.